The summed E-state index contributed by atoms with van der Waals surface area (Å²) in [7, 11) is 0. The van der Waals surface area contributed by atoms with E-state index in [2.05, 4.69) is 0 Å². The van der Waals surface area contributed by atoms with Crippen LogP contribution in [0.2, 0.25) is 0 Å². The second kappa shape index (κ2) is 2.12. The van der Waals surface area contributed by atoms with Crippen molar-refractivity contribution in [1.82, 2.24) is 0 Å². The second-order valence-electron chi connectivity index (χ2n) is 0.996. The van der Waals surface area contributed by atoms with Crippen LogP contribution in [0.3, 0.4) is 0 Å². The zero-order valence-electron chi connectivity index (χ0n) is 3.27. The molecule has 0 atom stereocenters. The van der Waals surface area contributed by atoms with E-state index in [-0.39, 0.29) is 0 Å². The van der Waals surface area contributed by atoms with Crippen molar-refractivity contribution >= 4 is 25.4 Å². The van der Waals surface area contributed by atoms with Crippen molar-refractivity contribution in [2.24, 2.45) is 0 Å². The average Bonchev–Trinajstić information content (AvgIpc) is 1.25. The SMILES string of the molecule is [F][Ge]([F])([F])[Ge]([F])([F])[F]. The van der Waals surface area contributed by atoms with Crippen LogP contribution in [-0.2, 0) is 0 Å². The minimum absolute atomic E-state index is 7.62. The third kappa shape index (κ3) is 2.29. The molecule has 0 saturated heterocycles. The predicted molar refractivity (Wildman–Crippen MR) is 18.2 cm³/mol. The Morgan fingerprint density at radius 2 is 0.625 bits per heavy atom. The van der Waals surface area contributed by atoms with Crippen LogP contribution in [0, 0.1) is 0 Å². The molecule has 0 nitrogen and oxygen atoms in total. The molecule has 0 spiro atoms. The van der Waals surface area contributed by atoms with Crippen molar-refractivity contribution in [3.05, 3.63) is 0 Å². The molecule has 8 heavy (non-hydrogen) atoms. The van der Waals surface area contributed by atoms with Gasteiger partial charge in [-0.1, -0.05) is 0 Å². The monoisotopic (exact) mass is 262 g/mol. The van der Waals surface area contributed by atoms with Crippen LogP contribution in [-0.4, -0.2) is 25.4 Å². The van der Waals surface area contributed by atoms with Crippen LogP contribution in [0.25, 0.3) is 0 Å². The molecule has 50 valence electrons. The van der Waals surface area contributed by atoms with Gasteiger partial charge in [0, 0.05) is 0 Å². The molecule has 0 amide bonds. The zero-order valence-corrected chi connectivity index (χ0v) is 7.46. The molecule has 0 aliphatic rings. The fourth-order valence-corrected chi connectivity index (χ4v) is 0. The second-order valence-corrected chi connectivity index (χ2v) is 17.5. The van der Waals surface area contributed by atoms with Crippen LogP contribution in [0.1, 0.15) is 0 Å². The van der Waals surface area contributed by atoms with Gasteiger partial charge < -0.3 is 0 Å². The molecule has 8 heteroatoms. The van der Waals surface area contributed by atoms with Gasteiger partial charge in [0.1, 0.15) is 0 Å². The molecule has 0 aromatic heterocycles. The Labute approximate surface area is 46.9 Å². The van der Waals surface area contributed by atoms with E-state index in [1.54, 1.807) is 0 Å². The van der Waals surface area contributed by atoms with Crippen LogP contribution >= 0.6 is 0 Å². The number of hydrogen-bond acceptors (Lipinski definition) is 0. The molecule has 0 heterocycles. The van der Waals surface area contributed by atoms with Gasteiger partial charge in [-0.25, -0.2) is 0 Å². The van der Waals surface area contributed by atoms with Gasteiger partial charge in [0.05, 0.1) is 0 Å². The number of hydrogen-bond donors (Lipinski definition) is 0. The predicted octanol–water partition coefficient (Wildman–Crippen LogP) is 1.76. The van der Waals surface area contributed by atoms with Gasteiger partial charge in [-0.05, 0) is 0 Å². The topological polar surface area (TPSA) is 0 Å². The first-order chi connectivity index (χ1) is 3.25. The Morgan fingerprint density at radius 1 is 0.500 bits per heavy atom. The van der Waals surface area contributed by atoms with Crippen molar-refractivity contribution in [3.63, 3.8) is 0 Å². The molecule has 0 rings (SSSR count). The van der Waals surface area contributed by atoms with E-state index in [0.29, 0.717) is 0 Å². The van der Waals surface area contributed by atoms with E-state index in [4.69, 9.17) is 0 Å². The average molecular weight is 259 g/mol. The van der Waals surface area contributed by atoms with Gasteiger partial charge in [0.15, 0.2) is 0 Å². The fraction of sp³-hybridized carbons (Fsp3) is 0. The third-order valence-corrected chi connectivity index (χ3v) is 8.68. The maximum atomic E-state index is 10.7. The van der Waals surface area contributed by atoms with Gasteiger partial charge in [-0.2, -0.15) is 0 Å². The molecule has 0 unspecified atom stereocenters. The Morgan fingerprint density at radius 3 is 0.625 bits per heavy atom. The van der Waals surface area contributed by atoms with E-state index in [9.17, 15) is 21.0 Å². The van der Waals surface area contributed by atoms with Crippen molar-refractivity contribution in [2.75, 3.05) is 0 Å². The van der Waals surface area contributed by atoms with Gasteiger partial charge in [0.25, 0.3) is 0 Å². The van der Waals surface area contributed by atoms with Crippen molar-refractivity contribution in [3.8, 4) is 0 Å². The molecule has 0 radical (unpaired) electrons. The van der Waals surface area contributed by atoms with Crippen LogP contribution in [0.4, 0.5) is 21.0 Å². The summed E-state index contributed by atoms with van der Waals surface area (Å²) in [4.78, 5) is 0. The molecule has 0 aliphatic carbocycles. The Hall–Kier alpha value is 0.666. The Bertz CT molecular complexity index is 61.5. The normalized spacial score (nSPS) is 14.2. The van der Waals surface area contributed by atoms with E-state index in [1.807, 2.05) is 0 Å². The molecule has 0 N–H and O–H groups in total. The first kappa shape index (κ1) is 8.67. The molecular weight excluding hydrogens is 259 g/mol. The number of halogens is 6. The van der Waals surface area contributed by atoms with Crippen LogP contribution < -0.4 is 0 Å². The van der Waals surface area contributed by atoms with Crippen molar-refractivity contribution in [1.29, 1.82) is 0 Å². The Balaban J connectivity index is 4.02. The quantitative estimate of drug-likeness (QED) is 0.497. The van der Waals surface area contributed by atoms with Crippen molar-refractivity contribution < 1.29 is 21.0 Å². The summed E-state index contributed by atoms with van der Waals surface area (Å²) in [5, 5.41) is 0. The summed E-state index contributed by atoms with van der Waals surface area (Å²) in [6.45, 7) is 0. The van der Waals surface area contributed by atoms with E-state index in [0.717, 1.165) is 0 Å². The minimum atomic E-state index is -7.62. The molecule has 0 fully saturated rings. The molecule has 0 bridgehead atoms. The molecule has 0 aromatic rings. The summed E-state index contributed by atoms with van der Waals surface area (Å²) < 4.78 is 64.2. The van der Waals surface area contributed by atoms with Gasteiger partial charge in [0.2, 0.25) is 0 Å². The van der Waals surface area contributed by atoms with E-state index >= 15 is 0 Å². The van der Waals surface area contributed by atoms with Gasteiger partial charge in [-0.15, -0.1) is 0 Å². The van der Waals surface area contributed by atoms with E-state index in [1.165, 1.54) is 0 Å². The standard InChI is InChI=1S/F6Ge2/c1-7(2,3)8(4,5)6. The molecule has 0 aromatic carbocycles. The molecule has 0 aliphatic heterocycles. The van der Waals surface area contributed by atoms with Crippen LogP contribution in [0.5, 0.6) is 0 Å². The molecular formula is F6Ge2. The Kier molecular flexibility index (Phi) is 2.30. The first-order valence-electron chi connectivity index (χ1n) is 1.38. The summed E-state index contributed by atoms with van der Waals surface area (Å²) in [6.07, 6.45) is 0. The third-order valence-electron chi connectivity index (χ3n) is 0.321. The summed E-state index contributed by atoms with van der Waals surface area (Å²) in [5.41, 5.74) is 0. The molecule has 0 saturated carbocycles. The van der Waals surface area contributed by atoms with E-state index < -0.39 is 25.4 Å². The van der Waals surface area contributed by atoms with Crippen LogP contribution in [0.15, 0.2) is 0 Å². The van der Waals surface area contributed by atoms with Gasteiger partial charge >= 0.3 is 46.4 Å². The summed E-state index contributed by atoms with van der Waals surface area (Å²) in [5.74, 6) is 0. The van der Waals surface area contributed by atoms with Crippen molar-refractivity contribution in [2.45, 2.75) is 0 Å². The summed E-state index contributed by atoms with van der Waals surface area (Å²) >= 11 is -15.2. The van der Waals surface area contributed by atoms with Gasteiger partial charge in [-0.3, -0.25) is 0 Å². The zero-order chi connectivity index (χ0) is 7.00. The number of rotatable bonds is 1. The fourth-order valence-electron chi connectivity index (χ4n) is 0. The maximum absolute atomic E-state index is 10.7. The first-order valence-corrected chi connectivity index (χ1v) is 12.6. The summed E-state index contributed by atoms with van der Waals surface area (Å²) in [6, 6.07) is 0.